The van der Waals surface area contributed by atoms with Crippen LogP contribution in [0.5, 0.6) is 0 Å². The van der Waals surface area contributed by atoms with Crippen LogP contribution in [0.4, 0.5) is 11.6 Å². The van der Waals surface area contributed by atoms with Crippen LogP contribution in [0.15, 0.2) is 28.7 Å². The van der Waals surface area contributed by atoms with Gasteiger partial charge in [0.25, 0.3) is 0 Å². The lowest BCUT2D eigenvalue weighted by molar-refractivity contribution is 0.102. The molecule has 0 aliphatic rings. The molecule has 0 saturated carbocycles. The number of hydrogen-bond acceptors (Lipinski definition) is 7. The molecule has 0 atom stereocenters. The van der Waals surface area contributed by atoms with Gasteiger partial charge in [-0.25, -0.2) is 9.97 Å². The molecular weight excluding hydrogens is 256 g/mol. The molecule has 0 bridgehead atoms. The number of aromatic nitrogens is 2. The summed E-state index contributed by atoms with van der Waals surface area (Å²) in [6.07, 6.45) is 0. The fourth-order valence-electron chi connectivity index (χ4n) is 1.16. The molecule has 0 fully saturated rings. The highest BCUT2D eigenvalue weighted by molar-refractivity contribution is 7.99. The zero-order valence-electron chi connectivity index (χ0n) is 8.79. The molecule has 88 valence electrons. The SMILES string of the molecule is Nc1cc(N)nc(SCC(=O)c2cccs2)n1. The van der Waals surface area contributed by atoms with Gasteiger partial charge < -0.3 is 11.5 Å². The molecule has 0 radical (unpaired) electrons. The minimum Gasteiger partial charge on any atom is -0.383 e. The predicted molar refractivity (Wildman–Crippen MR) is 70.2 cm³/mol. The molecule has 17 heavy (non-hydrogen) atoms. The highest BCUT2D eigenvalue weighted by Crippen LogP contribution is 2.19. The number of carbonyl (C=O) groups excluding carboxylic acids is 1. The van der Waals surface area contributed by atoms with Crippen molar-refractivity contribution in [2.75, 3.05) is 17.2 Å². The van der Waals surface area contributed by atoms with Crippen molar-refractivity contribution in [2.24, 2.45) is 0 Å². The van der Waals surface area contributed by atoms with Gasteiger partial charge in [0.15, 0.2) is 10.9 Å². The molecule has 5 nitrogen and oxygen atoms in total. The Morgan fingerprint density at radius 1 is 1.35 bits per heavy atom. The van der Waals surface area contributed by atoms with E-state index in [4.69, 9.17) is 11.5 Å². The van der Waals surface area contributed by atoms with E-state index in [9.17, 15) is 4.79 Å². The first kappa shape index (κ1) is 11.9. The lowest BCUT2D eigenvalue weighted by Gasteiger charge is -2.01. The standard InChI is InChI=1S/C10H10N4OS2/c11-8-4-9(12)14-10(13-8)17-5-6(15)7-2-1-3-16-7/h1-4H,5H2,(H4,11,12,13,14). The Kier molecular flexibility index (Phi) is 3.60. The average molecular weight is 266 g/mol. The van der Waals surface area contributed by atoms with E-state index < -0.39 is 0 Å². The molecule has 0 aromatic carbocycles. The minimum absolute atomic E-state index is 0.0506. The fraction of sp³-hybridized carbons (Fsp3) is 0.100. The number of carbonyl (C=O) groups is 1. The Bertz CT molecular complexity index is 507. The highest BCUT2D eigenvalue weighted by Gasteiger charge is 2.09. The van der Waals surface area contributed by atoms with Gasteiger partial charge in [-0.05, 0) is 11.4 Å². The van der Waals surface area contributed by atoms with Crippen LogP contribution in [0.1, 0.15) is 9.67 Å². The minimum atomic E-state index is 0.0506. The summed E-state index contributed by atoms with van der Waals surface area (Å²) >= 11 is 2.65. The molecule has 0 unspecified atom stereocenters. The molecule has 0 saturated heterocycles. The molecule has 7 heteroatoms. The van der Waals surface area contributed by atoms with Crippen LogP contribution >= 0.6 is 23.1 Å². The molecule has 2 rings (SSSR count). The molecular formula is C10H10N4OS2. The average Bonchev–Trinajstić information content (AvgIpc) is 2.78. The van der Waals surface area contributed by atoms with Gasteiger partial charge in [-0.1, -0.05) is 17.8 Å². The van der Waals surface area contributed by atoms with Crippen molar-refractivity contribution in [1.82, 2.24) is 9.97 Å². The second-order valence-electron chi connectivity index (χ2n) is 3.19. The number of nitrogens with two attached hydrogens (primary N) is 2. The lowest BCUT2D eigenvalue weighted by Crippen LogP contribution is -2.03. The number of rotatable bonds is 4. The lowest BCUT2D eigenvalue weighted by atomic mass is 10.4. The van der Waals surface area contributed by atoms with E-state index in [1.807, 2.05) is 11.4 Å². The summed E-state index contributed by atoms with van der Waals surface area (Å²) in [5, 5.41) is 2.29. The summed E-state index contributed by atoms with van der Waals surface area (Å²) in [7, 11) is 0. The third-order valence-electron chi connectivity index (χ3n) is 1.87. The normalized spacial score (nSPS) is 10.4. The third-order valence-corrected chi connectivity index (χ3v) is 3.63. The molecule has 2 heterocycles. The highest BCUT2D eigenvalue weighted by atomic mass is 32.2. The molecule has 2 aromatic heterocycles. The van der Waals surface area contributed by atoms with E-state index >= 15 is 0 Å². The first-order valence-electron chi connectivity index (χ1n) is 4.74. The smallest absolute Gasteiger partial charge is 0.191 e. The monoisotopic (exact) mass is 266 g/mol. The number of thioether (sulfide) groups is 1. The van der Waals surface area contributed by atoms with Gasteiger partial charge in [0.2, 0.25) is 0 Å². The second-order valence-corrected chi connectivity index (χ2v) is 5.08. The number of nitrogens with zero attached hydrogens (tertiary/aromatic N) is 2. The maximum Gasteiger partial charge on any atom is 0.191 e. The van der Waals surface area contributed by atoms with Crippen molar-refractivity contribution < 1.29 is 4.79 Å². The first-order valence-corrected chi connectivity index (χ1v) is 6.61. The van der Waals surface area contributed by atoms with Crippen LogP contribution in [-0.2, 0) is 0 Å². The van der Waals surface area contributed by atoms with E-state index in [0.29, 0.717) is 16.8 Å². The molecule has 0 aliphatic carbocycles. The van der Waals surface area contributed by atoms with Gasteiger partial charge in [-0.2, -0.15) is 0 Å². The molecule has 0 aliphatic heterocycles. The van der Waals surface area contributed by atoms with Crippen LogP contribution in [0.25, 0.3) is 0 Å². The number of anilines is 2. The summed E-state index contributed by atoms with van der Waals surface area (Å²) in [5.41, 5.74) is 11.1. The topological polar surface area (TPSA) is 94.9 Å². The van der Waals surface area contributed by atoms with Crippen molar-refractivity contribution in [3.05, 3.63) is 28.5 Å². The molecule has 2 aromatic rings. The summed E-state index contributed by atoms with van der Waals surface area (Å²) < 4.78 is 0. The van der Waals surface area contributed by atoms with Crippen LogP contribution in [0, 0.1) is 0 Å². The third kappa shape index (κ3) is 3.18. The Morgan fingerprint density at radius 3 is 2.65 bits per heavy atom. The van der Waals surface area contributed by atoms with Crippen molar-refractivity contribution in [3.63, 3.8) is 0 Å². The quantitative estimate of drug-likeness (QED) is 0.496. The van der Waals surface area contributed by atoms with Crippen LogP contribution in [0.3, 0.4) is 0 Å². The number of Topliss-reactive ketones (excluding diaryl/α,β-unsaturated/α-hetero) is 1. The summed E-state index contributed by atoms with van der Waals surface area (Å²) in [5.74, 6) is 0.949. The summed E-state index contributed by atoms with van der Waals surface area (Å²) in [6, 6.07) is 5.12. The summed E-state index contributed by atoms with van der Waals surface area (Å²) in [4.78, 5) is 20.4. The molecule has 0 spiro atoms. The Hall–Kier alpha value is -1.60. The van der Waals surface area contributed by atoms with Crippen molar-refractivity contribution in [3.8, 4) is 0 Å². The number of ketones is 1. The number of thiophene rings is 1. The maximum atomic E-state index is 11.7. The van der Waals surface area contributed by atoms with E-state index in [2.05, 4.69) is 9.97 Å². The van der Waals surface area contributed by atoms with Gasteiger partial charge in [0.05, 0.1) is 10.6 Å². The van der Waals surface area contributed by atoms with Crippen molar-refractivity contribution in [1.29, 1.82) is 0 Å². The molecule has 4 N–H and O–H groups in total. The van der Waals surface area contributed by atoms with Gasteiger partial charge in [-0.3, -0.25) is 4.79 Å². The van der Waals surface area contributed by atoms with Crippen molar-refractivity contribution in [2.45, 2.75) is 5.16 Å². The fourth-order valence-corrected chi connectivity index (χ4v) is 2.68. The summed E-state index contributed by atoms with van der Waals surface area (Å²) in [6.45, 7) is 0. The van der Waals surface area contributed by atoms with E-state index in [1.54, 1.807) is 6.07 Å². The Balaban J connectivity index is 2.00. The van der Waals surface area contributed by atoms with Gasteiger partial charge in [0.1, 0.15) is 11.6 Å². The molecule has 0 amide bonds. The van der Waals surface area contributed by atoms with E-state index in [1.165, 1.54) is 29.2 Å². The van der Waals surface area contributed by atoms with E-state index in [-0.39, 0.29) is 11.5 Å². The second kappa shape index (κ2) is 5.15. The zero-order chi connectivity index (χ0) is 12.3. The van der Waals surface area contributed by atoms with Crippen molar-refractivity contribution >= 4 is 40.5 Å². The maximum absolute atomic E-state index is 11.7. The van der Waals surface area contributed by atoms with Gasteiger partial charge >= 0.3 is 0 Å². The first-order chi connectivity index (χ1) is 8.15. The van der Waals surface area contributed by atoms with Gasteiger partial charge in [0, 0.05) is 6.07 Å². The van der Waals surface area contributed by atoms with Gasteiger partial charge in [-0.15, -0.1) is 11.3 Å². The van der Waals surface area contributed by atoms with Crippen LogP contribution < -0.4 is 11.5 Å². The Labute approximate surface area is 106 Å². The number of hydrogen-bond donors (Lipinski definition) is 2. The Morgan fingerprint density at radius 2 is 2.06 bits per heavy atom. The van der Waals surface area contributed by atoms with Crippen LogP contribution in [0.2, 0.25) is 0 Å². The predicted octanol–water partition coefficient (Wildman–Crippen LogP) is 1.68. The largest absolute Gasteiger partial charge is 0.383 e. The number of nitrogen functional groups attached to an aromatic ring is 2. The zero-order valence-corrected chi connectivity index (χ0v) is 10.4. The van der Waals surface area contributed by atoms with Crippen LogP contribution in [-0.4, -0.2) is 21.5 Å². The van der Waals surface area contributed by atoms with E-state index in [0.717, 1.165) is 4.88 Å².